The van der Waals surface area contributed by atoms with Crippen molar-refractivity contribution in [3.05, 3.63) is 0 Å². The first kappa shape index (κ1) is 13.4. The molecule has 0 spiro atoms. The molecule has 17 heavy (non-hydrogen) atoms. The summed E-state index contributed by atoms with van der Waals surface area (Å²) in [6.07, 6.45) is 8.95. The van der Waals surface area contributed by atoms with E-state index in [2.05, 4.69) is 41.5 Å². The SMILES string of the molecule is CC(C)(C)C1(C(C)(C)C)CCC2CCCCC21. The highest BCUT2D eigenvalue weighted by molar-refractivity contribution is 5.08. The van der Waals surface area contributed by atoms with Crippen LogP contribution in [0.2, 0.25) is 0 Å². The zero-order valence-corrected chi connectivity index (χ0v) is 12.9. The van der Waals surface area contributed by atoms with Crippen molar-refractivity contribution in [2.45, 2.75) is 80.1 Å². The van der Waals surface area contributed by atoms with Crippen molar-refractivity contribution in [1.82, 2.24) is 0 Å². The van der Waals surface area contributed by atoms with Crippen molar-refractivity contribution in [3.8, 4) is 0 Å². The van der Waals surface area contributed by atoms with E-state index in [1.54, 1.807) is 0 Å². The molecular formula is C17H32. The first-order valence-electron chi connectivity index (χ1n) is 7.70. The van der Waals surface area contributed by atoms with Crippen LogP contribution in [0, 0.1) is 28.1 Å². The van der Waals surface area contributed by atoms with Gasteiger partial charge in [0.25, 0.3) is 0 Å². The van der Waals surface area contributed by atoms with Crippen LogP contribution in [0.25, 0.3) is 0 Å². The standard InChI is InChI=1S/C17H32/c1-15(2,3)17(16(4,5)6)12-11-13-9-7-8-10-14(13)17/h13-14H,7-12H2,1-6H3. The van der Waals surface area contributed by atoms with Crippen molar-refractivity contribution in [3.63, 3.8) is 0 Å². The van der Waals surface area contributed by atoms with E-state index >= 15 is 0 Å². The lowest BCUT2D eigenvalue weighted by Gasteiger charge is -2.57. The summed E-state index contributed by atoms with van der Waals surface area (Å²) >= 11 is 0. The molecule has 0 amide bonds. The van der Waals surface area contributed by atoms with Crippen molar-refractivity contribution < 1.29 is 0 Å². The van der Waals surface area contributed by atoms with Crippen LogP contribution in [-0.4, -0.2) is 0 Å². The van der Waals surface area contributed by atoms with E-state index in [4.69, 9.17) is 0 Å². The maximum Gasteiger partial charge on any atom is -0.0169 e. The topological polar surface area (TPSA) is 0 Å². The Hall–Kier alpha value is 0. The highest BCUT2D eigenvalue weighted by atomic mass is 14.6. The summed E-state index contributed by atoms with van der Waals surface area (Å²) in [6, 6.07) is 0. The Balaban J connectivity index is 2.42. The molecule has 0 N–H and O–H groups in total. The van der Waals surface area contributed by atoms with Crippen molar-refractivity contribution >= 4 is 0 Å². The molecule has 0 aromatic carbocycles. The van der Waals surface area contributed by atoms with Gasteiger partial charge in [0.15, 0.2) is 0 Å². The van der Waals surface area contributed by atoms with Gasteiger partial charge in [-0.25, -0.2) is 0 Å². The van der Waals surface area contributed by atoms with Gasteiger partial charge in [0.2, 0.25) is 0 Å². The van der Waals surface area contributed by atoms with Gasteiger partial charge in [-0.15, -0.1) is 0 Å². The molecule has 0 nitrogen and oxygen atoms in total. The molecular weight excluding hydrogens is 204 g/mol. The average molecular weight is 236 g/mol. The van der Waals surface area contributed by atoms with Gasteiger partial charge >= 0.3 is 0 Å². The van der Waals surface area contributed by atoms with Crippen LogP contribution in [0.4, 0.5) is 0 Å². The fraction of sp³-hybridized carbons (Fsp3) is 1.00. The van der Waals surface area contributed by atoms with Crippen LogP contribution < -0.4 is 0 Å². The van der Waals surface area contributed by atoms with E-state index < -0.39 is 0 Å². The van der Waals surface area contributed by atoms with Gasteiger partial charge in [-0.05, 0) is 47.3 Å². The highest BCUT2D eigenvalue weighted by Gasteiger charge is 2.59. The minimum absolute atomic E-state index is 0.446. The van der Waals surface area contributed by atoms with E-state index in [-0.39, 0.29) is 0 Å². The van der Waals surface area contributed by atoms with Crippen LogP contribution >= 0.6 is 0 Å². The molecule has 2 unspecified atom stereocenters. The molecule has 0 radical (unpaired) electrons. The second kappa shape index (κ2) is 4.00. The third kappa shape index (κ3) is 1.87. The number of fused-ring (bicyclic) bond motifs is 1. The average Bonchev–Trinajstić information content (AvgIpc) is 2.55. The quantitative estimate of drug-likeness (QED) is 0.508. The van der Waals surface area contributed by atoms with Gasteiger partial charge in [0.1, 0.15) is 0 Å². The second-order valence-electron chi connectivity index (χ2n) is 8.66. The minimum Gasteiger partial charge on any atom is -0.0596 e. The molecule has 0 heterocycles. The summed E-state index contributed by atoms with van der Waals surface area (Å²) in [5.41, 5.74) is 1.45. The fourth-order valence-corrected chi connectivity index (χ4v) is 5.79. The minimum atomic E-state index is 0.446. The van der Waals surface area contributed by atoms with Crippen molar-refractivity contribution in [2.75, 3.05) is 0 Å². The van der Waals surface area contributed by atoms with Crippen molar-refractivity contribution in [2.24, 2.45) is 28.1 Å². The predicted octanol–water partition coefficient (Wildman–Crippen LogP) is 5.67. The maximum atomic E-state index is 2.50. The van der Waals surface area contributed by atoms with E-state index in [0.29, 0.717) is 16.2 Å². The molecule has 2 fully saturated rings. The van der Waals surface area contributed by atoms with Gasteiger partial charge < -0.3 is 0 Å². The fourth-order valence-electron chi connectivity index (χ4n) is 5.79. The van der Waals surface area contributed by atoms with Gasteiger partial charge in [0.05, 0.1) is 0 Å². The summed E-state index contributed by atoms with van der Waals surface area (Å²) in [7, 11) is 0. The molecule has 2 aliphatic rings. The Labute approximate surface area is 109 Å². The molecule has 2 atom stereocenters. The summed E-state index contributed by atoms with van der Waals surface area (Å²) in [5, 5.41) is 0. The third-order valence-electron chi connectivity index (χ3n) is 6.13. The van der Waals surface area contributed by atoms with Crippen LogP contribution in [0.15, 0.2) is 0 Å². The summed E-state index contributed by atoms with van der Waals surface area (Å²) in [5.74, 6) is 2.04. The molecule has 2 rings (SSSR count). The van der Waals surface area contributed by atoms with Gasteiger partial charge in [-0.3, -0.25) is 0 Å². The van der Waals surface area contributed by atoms with Crippen LogP contribution in [0.3, 0.4) is 0 Å². The van der Waals surface area contributed by atoms with E-state index in [1.165, 1.54) is 38.5 Å². The van der Waals surface area contributed by atoms with E-state index in [0.717, 1.165) is 11.8 Å². The Morgan fingerprint density at radius 3 is 1.82 bits per heavy atom. The van der Waals surface area contributed by atoms with Crippen LogP contribution in [0.5, 0.6) is 0 Å². The summed E-state index contributed by atoms with van der Waals surface area (Å²) < 4.78 is 0. The molecule has 2 aliphatic carbocycles. The lowest BCUT2D eigenvalue weighted by atomic mass is 9.48. The number of hydrogen-bond acceptors (Lipinski definition) is 0. The molecule has 0 saturated heterocycles. The van der Waals surface area contributed by atoms with Gasteiger partial charge in [0, 0.05) is 0 Å². The zero-order valence-electron chi connectivity index (χ0n) is 12.9. The van der Waals surface area contributed by atoms with Crippen LogP contribution in [-0.2, 0) is 0 Å². The first-order valence-corrected chi connectivity index (χ1v) is 7.70. The van der Waals surface area contributed by atoms with Gasteiger partial charge in [-0.2, -0.15) is 0 Å². The Morgan fingerprint density at radius 2 is 1.29 bits per heavy atom. The number of hydrogen-bond donors (Lipinski definition) is 0. The maximum absolute atomic E-state index is 2.50. The molecule has 100 valence electrons. The van der Waals surface area contributed by atoms with Crippen molar-refractivity contribution in [1.29, 1.82) is 0 Å². The smallest absolute Gasteiger partial charge is 0.0169 e. The molecule has 2 saturated carbocycles. The Bertz CT molecular complexity index is 259. The summed E-state index contributed by atoms with van der Waals surface area (Å²) in [4.78, 5) is 0. The largest absolute Gasteiger partial charge is 0.0596 e. The lowest BCUT2D eigenvalue weighted by Crippen LogP contribution is -2.50. The monoisotopic (exact) mass is 236 g/mol. The highest BCUT2D eigenvalue weighted by Crippen LogP contribution is 2.67. The van der Waals surface area contributed by atoms with Crippen LogP contribution in [0.1, 0.15) is 80.1 Å². The zero-order chi connectivity index (χ0) is 12.9. The van der Waals surface area contributed by atoms with Gasteiger partial charge in [-0.1, -0.05) is 60.8 Å². The second-order valence-corrected chi connectivity index (χ2v) is 8.66. The Kier molecular flexibility index (Phi) is 3.16. The normalized spacial score (nSPS) is 33.5. The molecule has 0 aliphatic heterocycles. The lowest BCUT2D eigenvalue weighted by molar-refractivity contribution is -0.0835. The molecule has 0 aromatic heterocycles. The van der Waals surface area contributed by atoms with E-state index in [9.17, 15) is 0 Å². The molecule has 0 bridgehead atoms. The summed E-state index contributed by atoms with van der Waals surface area (Å²) in [6.45, 7) is 15.0. The predicted molar refractivity (Wildman–Crippen MR) is 76.0 cm³/mol. The number of rotatable bonds is 0. The Morgan fingerprint density at radius 1 is 0.765 bits per heavy atom. The first-order chi connectivity index (χ1) is 7.70. The molecule has 0 aromatic rings. The molecule has 0 heteroatoms. The van der Waals surface area contributed by atoms with E-state index in [1.807, 2.05) is 0 Å². The third-order valence-corrected chi connectivity index (χ3v) is 6.13.